The lowest BCUT2D eigenvalue weighted by Crippen LogP contribution is -2.07. The third kappa shape index (κ3) is 3.07. The van der Waals surface area contributed by atoms with E-state index in [-0.39, 0.29) is 6.04 Å². The number of anilines is 1. The summed E-state index contributed by atoms with van der Waals surface area (Å²) in [6, 6.07) is 10.6. The maximum absolute atomic E-state index is 4.09. The van der Waals surface area contributed by atoms with E-state index in [1.54, 1.807) is 0 Å². The van der Waals surface area contributed by atoms with Crippen molar-refractivity contribution in [3.63, 3.8) is 0 Å². The van der Waals surface area contributed by atoms with Gasteiger partial charge in [0, 0.05) is 28.6 Å². The number of halogens is 1. The molecular weight excluding hydrogens is 276 g/mol. The standard InChI is InChI=1S/C14H15BrN2/c1-10-9-16-7-6-14(10)17-11(2)12-4-3-5-13(15)8-12/h3-9,11H,1-2H3,(H,16,17). The van der Waals surface area contributed by atoms with E-state index in [4.69, 9.17) is 0 Å². The lowest BCUT2D eigenvalue weighted by molar-refractivity contribution is 0.880. The Balaban J connectivity index is 2.17. The molecule has 88 valence electrons. The van der Waals surface area contributed by atoms with E-state index in [0.29, 0.717) is 0 Å². The molecule has 0 aliphatic heterocycles. The topological polar surface area (TPSA) is 24.9 Å². The fraction of sp³-hybridized carbons (Fsp3) is 0.214. The molecule has 0 amide bonds. The van der Waals surface area contributed by atoms with Crippen LogP contribution in [0.4, 0.5) is 5.69 Å². The van der Waals surface area contributed by atoms with E-state index in [2.05, 4.69) is 58.3 Å². The van der Waals surface area contributed by atoms with Gasteiger partial charge in [-0.3, -0.25) is 4.98 Å². The van der Waals surface area contributed by atoms with Gasteiger partial charge in [0.2, 0.25) is 0 Å². The van der Waals surface area contributed by atoms with Crippen molar-refractivity contribution in [3.05, 3.63) is 58.3 Å². The van der Waals surface area contributed by atoms with Crippen molar-refractivity contribution in [2.45, 2.75) is 19.9 Å². The number of rotatable bonds is 3. The van der Waals surface area contributed by atoms with Crippen LogP contribution in [0, 0.1) is 6.92 Å². The molecule has 1 unspecified atom stereocenters. The van der Waals surface area contributed by atoms with Gasteiger partial charge in [-0.15, -0.1) is 0 Å². The summed E-state index contributed by atoms with van der Waals surface area (Å²) < 4.78 is 1.11. The molecule has 1 heterocycles. The molecule has 0 aliphatic carbocycles. The molecule has 1 aromatic heterocycles. The molecule has 2 nitrogen and oxygen atoms in total. The highest BCUT2D eigenvalue weighted by atomic mass is 79.9. The maximum atomic E-state index is 4.09. The van der Waals surface area contributed by atoms with Crippen molar-refractivity contribution in [1.82, 2.24) is 4.98 Å². The number of hydrogen-bond acceptors (Lipinski definition) is 2. The second kappa shape index (κ2) is 5.32. The van der Waals surface area contributed by atoms with Crippen molar-refractivity contribution in [1.29, 1.82) is 0 Å². The highest BCUT2D eigenvalue weighted by molar-refractivity contribution is 9.10. The molecule has 0 spiro atoms. The number of benzene rings is 1. The highest BCUT2D eigenvalue weighted by Crippen LogP contribution is 2.23. The average Bonchev–Trinajstić information content (AvgIpc) is 2.32. The Kier molecular flexibility index (Phi) is 3.79. The van der Waals surface area contributed by atoms with Crippen LogP contribution in [0.2, 0.25) is 0 Å². The molecule has 1 aromatic carbocycles. The van der Waals surface area contributed by atoms with Gasteiger partial charge in [0.1, 0.15) is 0 Å². The predicted molar refractivity (Wildman–Crippen MR) is 75.2 cm³/mol. The van der Waals surface area contributed by atoms with Gasteiger partial charge >= 0.3 is 0 Å². The van der Waals surface area contributed by atoms with Crippen LogP contribution in [0.15, 0.2) is 47.2 Å². The minimum Gasteiger partial charge on any atom is -0.378 e. The largest absolute Gasteiger partial charge is 0.378 e. The predicted octanol–water partition coefficient (Wildman–Crippen LogP) is 4.33. The van der Waals surface area contributed by atoms with Gasteiger partial charge < -0.3 is 5.32 Å². The molecular formula is C14H15BrN2. The Morgan fingerprint density at radius 1 is 1.29 bits per heavy atom. The molecule has 1 atom stereocenters. The Bertz CT molecular complexity index is 511. The Labute approximate surface area is 110 Å². The first-order valence-electron chi connectivity index (χ1n) is 5.59. The second-order valence-corrected chi connectivity index (χ2v) is 5.03. The maximum Gasteiger partial charge on any atom is 0.0486 e. The highest BCUT2D eigenvalue weighted by Gasteiger charge is 2.06. The fourth-order valence-electron chi connectivity index (χ4n) is 1.73. The van der Waals surface area contributed by atoms with Crippen molar-refractivity contribution < 1.29 is 0 Å². The summed E-state index contributed by atoms with van der Waals surface area (Å²) in [6.45, 7) is 4.21. The van der Waals surface area contributed by atoms with Crippen LogP contribution in [0.5, 0.6) is 0 Å². The number of nitrogens with zero attached hydrogens (tertiary/aromatic N) is 1. The van der Waals surface area contributed by atoms with Crippen molar-refractivity contribution >= 4 is 21.6 Å². The number of hydrogen-bond donors (Lipinski definition) is 1. The van der Waals surface area contributed by atoms with Crippen LogP contribution < -0.4 is 5.32 Å². The van der Waals surface area contributed by atoms with Crippen molar-refractivity contribution in [2.24, 2.45) is 0 Å². The van der Waals surface area contributed by atoms with Gasteiger partial charge in [-0.1, -0.05) is 28.1 Å². The molecule has 0 aliphatic rings. The van der Waals surface area contributed by atoms with E-state index < -0.39 is 0 Å². The first-order chi connectivity index (χ1) is 8.16. The van der Waals surface area contributed by atoms with Crippen LogP contribution in [0.1, 0.15) is 24.1 Å². The third-order valence-corrected chi connectivity index (χ3v) is 3.23. The zero-order valence-electron chi connectivity index (χ0n) is 9.94. The normalized spacial score (nSPS) is 12.2. The van der Waals surface area contributed by atoms with Crippen molar-refractivity contribution in [2.75, 3.05) is 5.32 Å². The Hall–Kier alpha value is -1.35. The molecule has 3 heteroatoms. The van der Waals surface area contributed by atoms with Crippen LogP contribution in [0.25, 0.3) is 0 Å². The lowest BCUT2D eigenvalue weighted by Gasteiger charge is -2.17. The SMILES string of the molecule is Cc1cnccc1NC(C)c1cccc(Br)c1. The van der Waals surface area contributed by atoms with E-state index in [9.17, 15) is 0 Å². The molecule has 0 saturated heterocycles. The van der Waals surface area contributed by atoms with Gasteiger partial charge in [-0.2, -0.15) is 0 Å². The minimum absolute atomic E-state index is 0.272. The zero-order valence-corrected chi connectivity index (χ0v) is 11.5. The summed E-state index contributed by atoms with van der Waals surface area (Å²) >= 11 is 3.49. The average molecular weight is 291 g/mol. The quantitative estimate of drug-likeness (QED) is 0.910. The molecule has 2 aromatic rings. The fourth-order valence-corrected chi connectivity index (χ4v) is 2.14. The van der Waals surface area contributed by atoms with Crippen LogP contribution in [0.3, 0.4) is 0 Å². The van der Waals surface area contributed by atoms with E-state index in [0.717, 1.165) is 15.7 Å². The lowest BCUT2D eigenvalue weighted by atomic mass is 10.1. The molecule has 0 radical (unpaired) electrons. The monoisotopic (exact) mass is 290 g/mol. The van der Waals surface area contributed by atoms with E-state index in [1.807, 2.05) is 24.5 Å². The van der Waals surface area contributed by atoms with E-state index >= 15 is 0 Å². The summed E-state index contributed by atoms with van der Waals surface area (Å²) in [7, 11) is 0. The number of aromatic nitrogens is 1. The Morgan fingerprint density at radius 3 is 2.82 bits per heavy atom. The van der Waals surface area contributed by atoms with Gasteiger partial charge in [-0.05, 0) is 43.2 Å². The third-order valence-electron chi connectivity index (χ3n) is 2.74. The number of aryl methyl sites for hydroxylation is 1. The summed E-state index contributed by atoms with van der Waals surface area (Å²) in [5.41, 5.74) is 3.55. The van der Waals surface area contributed by atoms with Crippen LogP contribution in [-0.2, 0) is 0 Å². The van der Waals surface area contributed by atoms with Gasteiger partial charge in [-0.25, -0.2) is 0 Å². The molecule has 0 fully saturated rings. The first kappa shape index (κ1) is 12.1. The van der Waals surface area contributed by atoms with Gasteiger partial charge in [0.05, 0.1) is 0 Å². The smallest absolute Gasteiger partial charge is 0.0486 e. The summed E-state index contributed by atoms with van der Waals surface area (Å²) in [5.74, 6) is 0. The van der Waals surface area contributed by atoms with Crippen molar-refractivity contribution in [3.8, 4) is 0 Å². The molecule has 2 rings (SSSR count). The minimum atomic E-state index is 0.272. The van der Waals surface area contributed by atoms with E-state index in [1.165, 1.54) is 5.56 Å². The Morgan fingerprint density at radius 2 is 2.12 bits per heavy atom. The number of pyridine rings is 1. The first-order valence-corrected chi connectivity index (χ1v) is 6.39. The second-order valence-electron chi connectivity index (χ2n) is 4.11. The van der Waals surface area contributed by atoms with Crippen LogP contribution >= 0.6 is 15.9 Å². The van der Waals surface area contributed by atoms with Gasteiger partial charge in [0.25, 0.3) is 0 Å². The molecule has 0 saturated carbocycles. The summed E-state index contributed by atoms with van der Waals surface area (Å²) in [5, 5.41) is 3.49. The summed E-state index contributed by atoms with van der Waals surface area (Å²) in [4.78, 5) is 4.09. The zero-order chi connectivity index (χ0) is 12.3. The number of nitrogens with one attached hydrogen (secondary N) is 1. The van der Waals surface area contributed by atoms with Gasteiger partial charge in [0.15, 0.2) is 0 Å². The molecule has 0 bridgehead atoms. The molecule has 17 heavy (non-hydrogen) atoms. The van der Waals surface area contributed by atoms with Crippen LogP contribution in [-0.4, -0.2) is 4.98 Å². The summed E-state index contributed by atoms with van der Waals surface area (Å²) in [6.07, 6.45) is 3.68. The molecule has 1 N–H and O–H groups in total.